The highest BCUT2D eigenvalue weighted by molar-refractivity contribution is 7.80. The van der Waals surface area contributed by atoms with Gasteiger partial charge < -0.3 is 10.6 Å². The third-order valence-electron chi connectivity index (χ3n) is 1.74. The number of hydrogen-bond donors (Lipinski definition) is 2. The molecule has 0 rings (SSSR count). The predicted molar refractivity (Wildman–Crippen MR) is 73.0 cm³/mol. The van der Waals surface area contributed by atoms with Crippen LogP contribution in [0.25, 0.3) is 0 Å². The Balaban J connectivity index is 0. The lowest BCUT2D eigenvalue weighted by molar-refractivity contribution is 0.729. The second kappa shape index (κ2) is 10.6. The third kappa shape index (κ3) is 9.61. The van der Waals surface area contributed by atoms with E-state index in [1.54, 1.807) is 13.1 Å². The second-order valence-electron chi connectivity index (χ2n) is 2.74. The van der Waals surface area contributed by atoms with Crippen molar-refractivity contribution in [1.29, 1.82) is 0 Å². The average Bonchev–Trinajstić information content (AvgIpc) is 2.26. The molecule has 0 saturated carbocycles. The molecule has 0 aliphatic heterocycles. The first-order valence-corrected chi connectivity index (χ1v) is 5.40. The molecule has 1 atom stereocenters. The first-order chi connectivity index (χ1) is 6.53. The van der Waals surface area contributed by atoms with Gasteiger partial charge in [-0.2, -0.15) is 0 Å². The summed E-state index contributed by atoms with van der Waals surface area (Å²) in [7, 11) is 3.64. The fraction of sp³-hybridized carbons (Fsp3) is 0.600. The van der Waals surface area contributed by atoms with E-state index in [1.807, 2.05) is 7.05 Å². The number of thiocarbonyl (C=S) groups is 2. The molecule has 0 aromatic rings. The van der Waals surface area contributed by atoms with Gasteiger partial charge in [-0.15, -0.1) is 0 Å². The molecule has 0 aromatic carbocycles. The van der Waals surface area contributed by atoms with Crippen LogP contribution in [0.2, 0.25) is 0 Å². The number of hydrogen-bond acceptors (Lipinski definition) is 2. The summed E-state index contributed by atoms with van der Waals surface area (Å²) in [5.41, 5.74) is 0. The molecule has 0 spiro atoms. The van der Waals surface area contributed by atoms with Gasteiger partial charge in [0.15, 0.2) is 0 Å². The standard InChI is InChI=1S/C6H13NS.C4H7NS/c1-4-5(2)6(8)7-3;1-3-4(6)5-2/h5H,4H2,1-3H3,(H,7,8);3H,1H2,2H3,(H,5,6). The van der Waals surface area contributed by atoms with E-state index in [1.165, 1.54) is 0 Å². The van der Waals surface area contributed by atoms with E-state index in [2.05, 4.69) is 43.3 Å². The highest BCUT2D eigenvalue weighted by Crippen LogP contribution is 2.00. The van der Waals surface area contributed by atoms with E-state index in [0.717, 1.165) is 11.4 Å². The molecule has 0 radical (unpaired) electrons. The Hall–Kier alpha value is -0.480. The molecular weight excluding hydrogens is 212 g/mol. The molecule has 0 aliphatic rings. The highest BCUT2D eigenvalue weighted by Gasteiger charge is 2.00. The van der Waals surface area contributed by atoms with Crippen molar-refractivity contribution < 1.29 is 0 Å². The van der Waals surface area contributed by atoms with Gasteiger partial charge in [0.1, 0.15) is 0 Å². The molecule has 14 heavy (non-hydrogen) atoms. The number of nitrogens with one attached hydrogen (secondary N) is 2. The van der Waals surface area contributed by atoms with E-state index < -0.39 is 0 Å². The molecule has 0 amide bonds. The van der Waals surface area contributed by atoms with Crippen LogP contribution in [0.1, 0.15) is 20.3 Å². The zero-order valence-electron chi connectivity index (χ0n) is 9.39. The first-order valence-electron chi connectivity index (χ1n) is 4.59. The molecule has 0 saturated heterocycles. The Kier molecular flexibility index (Phi) is 12.1. The van der Waals surface area contributed by atoms with E-state index in [-0.39, 0.29) is 0 Å². The zero-order chi connectivity index (χ0) is 11.6. The molecule has 82 valence electrons. The van der Waals surface area contributed by atoms with Crippen molar-refractivity contribution in [2.75, 3.05) is 14.1 Å². The van der Waals surface area contributed by atoms with Gasteiger partial charge in [0.2, 0.25) is 0 Å². The topological polar surface area (TPSA) is 24.1 Å². The van der Waals surface area contributed by atoms with Gasteiger partial charge in [-0.1, -0.05) is 44.9 Å². The lowest BCUT2D eigenvalue weighted by Crippen LogP contribution is -2.22. The van der Waals surface area contributed by atoms with Crippen LogP contribution >= 0.6 is 24.4 Å². The maximum atomic E-state index is 4.97. The quantitative estimate of drug-likeness (QED) is 0.576. The molecule has 0 heterocycles. The summed E-state index contributed by atoms with van der Waals surface area (Å²) < 4.78 is 0. The maximum Gasteiger partial charge on any atom is 0.0979 e. The molecule has 2 nitrogen and oxygen atoms in total. The lowest BCUT2D eigenvalue weighted by Gasteiger charge is -2.07. The zero-order valence-corrected chi connectivity index (χ0v) is 11.0. The van der Waals surface area contributed by atoms with Crippen molar-refractivity contribution in [3.05, 3.63) is 12.7 Å². The van der Waals surface area contributed by atoms with Gasteiger partial charge in [0, 0.05) is 20.0 Å². The molecule has 2 N–H and O–H groups in total. The number of likely N-dealkylation sites (N-methyl/N-ethyl adjacent to an activating group) is 1. The third-order valence-corrected chi connectivity index (χ3v) is 2.72. The van der Waals surface area contributed by atoms with Crippen LogP contribution in [0, 0.1) is 5.92 Å². The molecule has 0 aliphatic carbocycles. The van der Waals surface area contributed by atoms with Gasteiger partial charge in [-0.25, -0.2) is 0 Å². The van der Waals surface area contributed by atoms with Crippen molar-refractivity contribution in [3.8, 4) is 0 Å². The van der Waals surface area contributed by atoms with Gasteiger partial charge >= 0.3 is 0 Å². The van der Waals surface area contributed by atoms with Gasteiger partial charge in [-0.05, 0) is 12.5 Å². The van der Waals surface area contributed by atoms with Crippen LogP contribution in [0.4, 0.5) is 0 Å². The highest BCUT2D eigenvalue weighted by atomic mass is 32.1. The van der Waals surface area contributed by atoms with Crippen molar-refractivity contribution >= 4 is 34.4 Å². The molecule has 0 fully saturated rings. The Morgan fingerprint density at radius 3 is 1.93 bits per heavy atom. The summed E-state index contributed by atoms with van der Waals surface area (Å²) in [6.45, 7) is 7.68. The Bertz CT molecular complexity index is 191. The average molecular weight is 232 g/mol. The van der Waals surface area contributed by atoms with Crippen molar-refractivity contribution in [2.24, 2.45) is 5.92 Å². The number of rotatable bonds is 3. The van der Waals surface area contributed by atoms with Crippen LogP contribution in [0.3, 0.4) is 0 Å². The molecule has 1 unspecified atom stereocenters. The van der Waals surface area contributed by atoms with Crippen LogP contribution in [-0.2, 0) is 0 Å². The van der Waals surface area contributed by atoms with Crippen molar-refractivity contribution in [2.45, 2.75) is 20.3 Å². The summed E-state index contributed by atoms with van der Waals surface area (Å²) in [6, 6.07) is 0. The van der Waals surface area contributed by atoms with E-state index >= 15 is 0 Å². The minimum absolute atomic E-state index is 0.537. The Labute approximate surface area is 98.2 Å². The Morgan fingerprint density at radius 2 is 1.86 bits per heavy atom. The van der Waals surface area contributed by atoms with Crippen molar-refractivity contribution in [3.63, 3.8) is 0 Å². The van der Waals surface area contributed by atoms with Crippen LogP contribution in [0.15, 0.2) is 12.7 Å². The van der Waals surface area contributed by atoms with Gasteiger partial charge in [0.05, 0.1) is 9.98 Å². The minimum atomic E-state index is 0.537. The SMILES string of the molecule is C=CC(=S)NC.CCC(C)C(=S)NC. The minimum Gasteiger partial charge on any atom is -0.383 e. The predicted octanol–water partition coefficient (Wildman–Crippen LogP) is 2.30. The summed E-state index contributed by atoms with van der Waals surface area (Å²) >= 11 is 9.59. The van der Waals surface area contributed by atoms with E-state index in [4.69, 9.17) is 12.2 Å². The molecule has 0 bridgehead atoms. The smallest absolute Gasteiger partial charge is 0.0979 e. The van der Waals surface area contributed by atoms with Gasteiger partial charge in [-0.3, -0.25) is 0 Å². The summed E-state index contributed by atoms with van der Waals surface area (Å²) in [5.74, 6) is 0.537. The first kappa shape index (κ1) is 16.0. The van der Waals surface area contributed by atoms with Crippen molar-refractivity contribution in [1.82, 2.24) is 10.6 Å². The largest absolute Gasteiger partial charge is 0.383 e. The van der Waals surface area contributed by atoms with E-state index in [9.17, 15) is 0 Å². The van der Waals surface area contributed by atoms with Crippen LogP contribution in [0.5, 0.6) is 0 Å². The van der Waals surface area contributed by atoms with Crippen LogP contribution in [-0.4, -0.2) is 24.1 Å². The summed E-state index contributed by atoms with van der Waals surface area (Å²) in [5, 5.41) is 5.68. The fourth-order valence-corrected chi connectivity index (χ4v) is 0.701. The summed E-state index contributed by atoms with van der Waals surface area (Å²) in [6.07, 6.45) is 2.72. The molecular formula is C10H20N2S2. The normalized spacial score (nSPS) is 10.3. The summed E-state index contributed by atoms with van der Waals surface area (Å²) in [4.78, 5) is 1.66. The van der Waals surface area contributed by atoms with Crippen LogP contribution < -0.4 is 10.6 Å². The molecule has 0 aromatic heterocycles. The maximum absolute atomic E-state index is 4.97. The lowest BCUT2D eigenvalue weighted by atomic mass is 10.1. The fourth-order valence-electron chi connectivity index (χ4n) is 0.534. The second-order valence-corrected chi connectivity index (χ2v) is 3.62. The monoisotopic (exact) mass is 232 g/mol. The molecule has 4 heteroatoms. The van der Waals surface area contributed by atoms with E-state index in [0.29, 0.717) is 10.9 Å². The van der Waals surface area contributed by atoms with Gasteiger partial charge in [0.25, 0.3) is 0 Å². The Morgan fingerprint density at radius 1 is 1.36 bits per heavy atom.